The number of hydrogen-bond acceptors (Lipinski definition) is 4. The number of H-pyrrole nitrogens is 1. The molecule has 0 bridgehead atoms. The summed E-state index contributed by atoms with van der Waals surface area (Å²) in [4.78, 5) is 30.7. The molecular weight excluding hydrogens is 454 g/mol. The smallest absolute Gasteiger partial charge is 0.259 e. The van der Waals surface area contributed by atoms with Crippen molar-refractivity contribution in [3.63, 3.8) is 0 Å². The van der Waals surface area contributed by atoms with Gasteiger partial charge in [0.2, 0.25) is 5.91 Å². The number of carbonyl (C=O) groups excluding carboxylic acids is 2. The molecule has 1 aromatic heterocycles. The van der Waals surface area contributed by atoms with E-state index in [1.807, 2.05) is 60.8 Å². The van der Waals surface area contributed by atoms with Crippen LogP contribution in [0.4, 0.5) is 0 Å². The van der Waals surface area contributed by atoms with Crippen LogP contribution in [-0.2, 0) is 4.79 Å². The van der Waals surface area contributed by atoms with Crippen LogP contribution in [0.15, 0.2) is 79.5 Å². The number of ether oxygens (including phenoxy) is 2. The van der Waals surface area contributed by atoms with Gasteiger partial charge in [-0.2, -0.15) is 0 Å². The van der Waals surface area contributed by atoms with Gasteiger partial charge in [-0.1, -0.05) is 55.1 Å². The van der Waals surface area contributed by atoms with Gasteiger partial charge in [0.05, 0.1) is 14.2 Å². The van der Waals surface area contributed by atoms with Crippen molar-refractivity contribution >= 4 is 28.4 Å². The van der Waals surface area contributed by atoms with Crippen LogP contribution in [0, 0.1) is 0 Å². The van der Waals surface area contributed by atoms with Gasteiger partial charge < -0.3 is 19.8 Å². The number of amides is 2. The molecule has 4 aromatic rings. The Kier molecular flexibility index (Phi) is 6.21. The zero-order valence-corrected chi connectivity index (χ0v) is 20.2. The van der Waals surface area contributed by atoms with Crippen molar-refractivity contribution in [1.29, 1.82) is 0 Å². The molecule has 1 aliphatic heterocycles. The first-order valence-corrected chi connectivity index (χ1v) is 11.7. The van der Waals surface area contributed by atoms with E-state index in [4.69, 9.17) is 9.47 Å². The standard InChI is InChI=1S/C29H27N3O4/c1-18-19-9-4-5-11-22(19)29(34)32(18)17-27(33)31-16-24(21-12-8-14-26(35-2)28(21)36-3)23-15-30-25-13-7-6-10-20(23)25/h4-15,24,30H,1,16-17H2,2-3H3,(H,31,33). The SMILES string of the molecule is C=C1c2ccccc2C(=O)N1CC(=O)NCC(c1cccc(OC)c1OC)c1c[nH]c2ccccc12. The maximum Gasteiger partial charge on any atom is 0.259 e. The van der Waals surface area contributed by atoms with E-state index in [9.17, 15) is 9.59 Å². The Labute approximate surface area is 209 Å². The van der Waals surface area contributed by atoms with Crippen LogP contribution >= 0.6 is 0 Å². The van der Waals surface area contributed by atoms with Crippen molar-refractivity contribution in [2.75, 3.05) is 27.3 Å². The van der Waals surface area contributed by atoms with Crippen LogP contribution < -0.4 is 14.8 Å². The van der Waals surface area contributed by atoms with E-state index in [2.05, 4.69) is 16.9 Å². The predicted molar refractivity (Wildman–Crippen MR) is 139 cm³/mol. The normalized spacial score (nSPS) is 13.6. The van der Waals surface area contributed by atoms with E-state index in [0.29, 0.717) is 29.3 Å². The third-order valence-electron chi connectivity index (χ3n) is 6.65. The molecule has 182 valence electrons. The maximum absolute atomic E-state index is 13.1. The summed E-state index contributed by atoms with van der Waals surface area (Å²) < 4.78 is 11.3. The summed E-state index contributed by atoms with van der Waals surface area (Å²) in [5.74, 6) is 0.508. The molecule has 7 heteroatoms. The van der Waals surface area contributed by atoms with Crippen molar-refractivity contribution in [2.24, 2.45) is 0 Å². The minimum atomic E-state index is -0.274. The maximum atomic E-state index is 13.1. The summed E-state index contributed by atoms with van der Waals surface area (Å²) in [6.07, 6.45) is 1.96. The number of rotatable bonds is 8. The molecule has 0 radical (unpaired) electrons. The zero-order valence-electron chi connectivity index (χ0n) is 20.2. The first kappa shape index (κ1) is 23.2. The molecule has 2 N–H and O–H groups in total. The molecule has 3 aromatic carbocycles. The Hall–Kier alpha value is -4.52. The summed E-state index contributed by atoms with van der Waals surface area (Å²) in [5, 5.41) is 4.09. The lowest BCUT2D eigenvalue weighted by Gasteiger charge is -2.23. The number of nitrogens with zero attached hydrogens (tertiary/aromatic N) is 1. The lowest BCUT2D eigenvalue weighted by atomic mass is 9.90. The first-order valence-electron chi connectivity index (χ1n) is 11.7. The number of carbonyl (C=O) groups is 2. The zero-order chi connectivity index (χ0) is 25.2. The van der Waals surface area contributed by atoms with E-state index in [1.54, 1.807) is 26.4 Å². The Morgan fingerprint density at radius 1 is 0.972 bits per heavy atom. The number of nitrogens with one attached hydrogen (secondary N) is 2. The van der Waals surface area contributed by atoms with Gasteiger partial charge in [-0.15, -0.1) is 0 Å². The van der Waals surface area contributed by atoms with Gasteiger partial charge >= 0.3 is 0 Å². The summed E-state index contributed by atoms with van der Waals surface area (Å²) in [5.41, 5.74) is 4.76. The summed E-state index contributed by atoms with van der Waals surface area (Å²) in [7, 11) is 3.20. The number of hydrogen-bond donors (Lipinski definition) is 2. The fourth-order valence-corrected chi connectivity index (χ4v) is 4.87. The van der Waals surface area contributed by atoms with Crippen LogP contribution in [0.25, 0.3) is 16.6 Å². The van der Waals surface area contributed by atoms with E-state index in [0.717, 1.165) is 27.6 Å². The van der Waals surface area contributed by atoms with Crippen LogP contribution in [0.3, 0.4) is 0 Å². The first-order chi connectivity index (χ1) is 17.5. The fourth-order valence-electron chi connectivity index (χ4n) is 4.87. The fraction of sp³-hybridized carbons (Fsp3) is 0.172. The second-order valence-electron chi connectivity index (χ2n) is 8.61. The highest BCUT2D eigenvalue weighted by Gasteiger charge is 2.32. The number of para-hydroxylation sites is 2. The summed E-state index contributed by atoms with van der Waals surface area (Å²) in [6.45, 7) is 4.22. The third-order valence-corrected chi connectivity index (χ3v) is 6.65. The minimum Gasteiger partial charge on any atom is -0.493 e. The van der Waals surface area contributed by atoms with Gasteiger partial charge in [-0.25, -0.2) is 0 Å². The van der Waals surface area contributed by atoms with Crippen molar-refractivity contribution in [3.8, 4) is 11.5 Å². The molecule has 0 saturated heterocycles. The van der Waals surface area contributed by atoms with E-state index >= 15 is 0 Å². The van der Waals surface area contributed by atoms with Crippen LogP contribution in [0.1, 0.15) is 33.0 Å². The molecule has 2 heterocycles. The van der Waals surface area contributed by atoms with Gasteiger partial charge in [-0.3, -0.25) is 14.5 Å². The van der Waals surface area contributed by atoms with Gasteiger partial charge in [0.25, 0.3) is 5.91 Å². The molecular formula is C29H27N3O4. The van der Waals surface area contributed by atoms with Gasteiger partial charge in [0.1, 0.15) is 6.54 Å². The molecule has 5 rings (SSSR count). The highest BCUT2D eigenvalue weighted by atomic mass is 16.5. The van der Waals surface area contributed by atoms with Crippen molar-refractivity contribution in [1.82, 2.24) is 15.2 Å². The topological polar surface area (TPSA) is 83.7 Å². The minimum absolute atomic E-state index is 0.109. The quantitative estimate of drug-likeness (QED) is 0.387. The number of aromatic amines is 1. The second-order valence-corrected chi connectivity index (χ2v) is 8.61. The Balaban J connectivity index is 1.42. The molecule has 1 aliphatic rings. The molecule has 0 spiro atoms. The Morgan fingerprint density at radius 3 is 2.47 bits per heavy atom. The molecule has 1 unspecified atom stereocenters. The van der Waals surface area contributed by atoms with E-state index < -0.39 is 0 Å². The number of aromatic nitrogens is 1. The van der Waals surface area contributed by atoms with Crippen molar-refractivity contribution in [2.45, 2.75) is 5.92 Å². The summed E-state index contributed by atoms with van der Waals surface area (Å²) in [6, 6.07) is 21.0. The highest BCUT2D eigenvalue weighted by Crippen LogP contribution is 2.40. The molecule has 0 saturated carbocycles. The highest BCUT2D eigenvalue weighted by molar-refractivity contribution is 6.10. The molecule has 0 aliphatic carbocycles. The van der Waals surface area contributed by atoms with E-state index in [1.165, 1.54) is 4.90 Å². The van der Waals surface area contributed by atoms with Gasteiger partial charge in [-0.05, 0) is 23.8 Å². The van der Waals surface area contributed by atoms with Gasteiger partial charge in [0.15, 0.2) is 11.5 Å². The molecule has 1 atom stereocenters. The summed E-state index contributed by atoms with van der Waals surface area (Å²) >= 11 is 0. The van der Waals surface area contributed by atoms with Crippen molar-refractivity contribution < 1.29 is 19.1 Å². The second kappa shape index (κ2) is 9.62. The van der Waals surface area contributed by atoms with Crippen LogP contribution in [-0.4, -0.2) is 49.0 Å². The number of methoxy groups -OCH3 is 2. The average Bonchev–Trinajstić information content (AvgIpc) is 3.44. The van der Waals surface area contributed by atoms with Crippen LogP contribution in [0.2, 0.25) is 0 Å². The molecule has 0 fully saturated rings. The molecule has 7 nitrogen and oxygen atoms in total. The Bertz CT molecular complexity index is 1440. The predicted octanol–water partition coefficient (Wildman–Crippen LogP) is 4.56. The monoisotopic (exact) mass is 481 g/mol. The average molecular weight is 482 g/mol. The Morgan fingerprint density at radius 2 is 1.72 bits per heavy atom. The molecule has 2 amide bonds. The lowest BCUT2D eigenvalue weighted by Crippen LogP contribution is -2.38. The third kappa shape index (κ3) is 3.98. The largest absolute Gasteiger partial charge is 0.493 e. The molecule has 36 heavy (non-hydrogen) atoms. The van der Waals surface area contributed by atoms with E-state index in [-0.39, 0.29) is 24.3 Å². The lowest BCUT2D eigenvalue weighted by molar-refractivity contribution is -0.121. The van der Waals surface area contributed by atoms with Gasteiger partial charge in [0, 0.05) is 51.9 Å². The van der Waals surface area contributed by atoms with Crippen molar-refractivity contribution in [3.05, 3.63) is 102 Å². The number of benzene rings is 3. The van der Waals surface area contributed by atoms with Crippen LogP contribution in [0.5, 0.6) is 11.5 Å². The number of fused-ring (bicyclic) bond motifs is 2.